The minimum atomic E-state index is 0.0880. The molecule has 1 amide bonds. The van der Waals surface area contributed by atoms with Gasteiger partial charge in [0.05, 0.1) is 29.4 Å². The first-order chi connectivity index (χ1) is 15.5. The first-order valence-electron chi connectivity index (χ1n) is 10.6. The maximum atomic E-state index is 13.2. The summed E-state index contributed by atoms with van der Waals surface area (Å²) in [5.74, 6) is 0.954. The van der Waals surface area contributed by atoms with Gasteiger partial charge in [-0.1, -0.05) is 35.0 Å². The average molecular weight is 470 g/mol. The number of hydrogen-bond donors (Lipinski definition) is 0. The van der Waals surface area contributed by atoms with Gasteiger partial charge in [-0.15, -0.1) is 11.3 Å². The van der Waals surface area contributed by atoms with Crippen molar-refractivity contribution in [1.29, 1.82) is 0 Å². The van der Waals surface area contributed by atoms with Gasteiger partial charge in [-0.05, 0) is 31.5 Å². The first-order valence-corrected chi connectivity index (χ1v) is 11.8. The van der Waals surface area contributed by atoms with Crippen molar-refractivity contribution in [3.63, 3.8) is 0 Å². The highest BCUT2D eigenvalue weighted by Gasteiger charge is 2.25. The van der Waals surface area contributed by atoms with Crippen LogP contribution in [0.5, 0.6) is 0 Å². The van der Waals surface area contributed by atoms with E-state index in [-0.39, 0.29) is 5.91 Å². The molecule has 1 saturated heterocycles. The number of benzene rings is 1. The number of fused-ring (bicyclic) bond motifs is 1. The zero-order valence-corrected chi connectivity index (χ0v) is 19.6. The van der Waals surface area contributed by atoms with E-state index in [0.717, 1.165) is 62.5 Å². The third-order valence-corrected chi connectivity index (χ3v) is 7.32. The molecule has 1 fully saturated rings. The van der Waals surface area contributed by atoms with Crippen molar-refractivity contribution in [2.24, 2.45) is 0 Å². The fourth-order valence-corrected chi connectivity index (χ4v) is 5.41. The smallest absolute Gasteiger partial charge is 0.264 e. The van der Waals surface area contributed by atoms with Crippen molar-refractivity contribution in [3.8, 4) is 0 Å². The third-order valence-electron chi connectivity index (χ3n) is 5.81. The number of halogens is 1. The van der Waals surface area contributed by atoms with Crippen LogP contribution in [0.2, 0.25) is 5.02 Å². The summed E-state index contributed by atoms with van der Waals surface area (Å²) in [6, 6.07) is 11.7. The zero-order chi connectivity index (χ0) is 22.2. The second-order valence-electron chi connectivity index (χ2n) is 8.17. The van der Waals surface area contributed by atoms with Crippen molar-refractivity contribution in [1.82, 2.24) is 24.7 Å². The van der Waals surface area contributed by atoms with Crippen LogP contribution in [0.25, 0.3) is 10.2 Å². The second-order valence-corrected chi connectivity index (χ2v) is 9.60. The molecule has 166 valence electrons. The second kappa shape index (κ2) is 8.69. The van der Waals surface area contributed by atoms with Gasteiger partial charge in [0.25, 0.3) is 5.91 Å². The summed E-state index contributed by atoms with van der Waals surface area (Å²) in [6.07, 6.45) is 0. The maximum Gasteiger partial charge on any atom is 0.264 e. The Hall–Kier alpha value is -2.68. The lowest BCUT2D eigenvalue weighted by Crippen LogP contribution is -2.48. The van der Waals surface area contributed by atoms with Gasteiger partial charge in [-0.25, -0.2) is 0 Å². The Kier molecular flexibility index (Phi) is 5.75. The molecule has 0 spiro atoms. The summed E-state index contributed by atoms with van der Waals surface area (Å²) in [7, 11) is 0. The lowest BCUT2D eigenvalue weighted by molar-refractivity contribution is 0.0622. The summed E-state index contributed by atoms with van der Waals surface area (Å²) >= 11 is 7.85. The molecule has 1 aliphatic heterocycles. The molecule has 0 N–H and O–H groups in total. The van der Waals surface area contributed by atoms with Crippen LogP contribution in [-0.2, 0) is 13.1 Å². The van der Waals surface area contributed by atoms with Crippen LogP contribution in [0, 0.1) is 13.8 Å². The van der Waals surface area contributed by atoms with E-state index < -0.39 is 0 Å². The quantitative estimate of drug-likeness (QED) is 0.434. The van der Waals surface area contributed by atoms with E-state index in [1.165, 1.54) is 11.3 Å². The molecule has 0 atom stereocenters. The lowest BCUT2D eigenvalue weighted by Gasteiger charge is -2.33. The Morgan fingerprint density at radius 1 is 1.12 bits per heavy atom. The number of carbonyl (C=O) groups is 1. The van der Waals surface area contributed by atoms with E-state index in [1.54, 1.807) is 0 Å². The summed E-state index contributed by atoms with van der Waals surface area (Å²) < 4.78 is 7.27. The van der Waals surface area contributed by atoms with Crippen molar-refractivity contribution in [3.05, 3.63) is 69.0 Å². The van der Waals surface area contributed by atoms with Gasteiger partial charge in [0.2, 0.25) is 0 Å². The van der Waals surface area contributed by atoms with Crippen LogP contribution in [0.15, 0.2) is 40.9 Å². The van der Waals surface area contributed by atoms with Gasteiger partial charge >= 0.3 is 0 Å². The van der Waals surface area contributed by atoms with Gasteiger partial charge in [0.1, 0.15) is 4.83 Å². The van der Waals surface area contributed by atoms with Crippen LogP contribution >= 0.6 is 22.9 Å². The Morgan fingerprint density at radius 2 is 1.91 bits per heavy atom. The normalized spacial score (nSPS) is 15.0. The molecule has 0 radical (unpaired) electrons. The molecule has 0 bridgehead atoms. The summed E-state index contributed by atoms with van der Waals surface area (Å²) in [5.41, 5.74) is 2.83. The van der Waals surface area contributed by atoms with Crippen LogP contribution in [0.3, 0.4) is 0 Å². The Labute approximate surface area is 195 Å². The van der Waals surface area contributed by atoms with Crippen molar-refractivity contribution in [2.75, 3.05) is 26.2 Å². The molecule has 1 aliphatic rings. The number of rotatable bonds is 5. The third kappa shape index (κ3) is 4.18. The number of amides is 1. The van der Waals surface area contributed by atoms with Crippen LogP contribution < -0.4 is 0 Å². The van der Waals surface area contributed by atoms with Gasteiger partial charge in [-0.2, -0.15) is 5.10 Å². The molecule has 5 rings (SSSR count). The molecule has 0 aliphatic carbocycles. The van der Waals surface area contributed by atoms with E-state index in [4.69, 9.17) is 16.1 Å². The Balaban J connectivity index is 1.29. The van der Waals surface area contributed by atoms with Gasteiger partial charge in [-0.3, -0.25) is 14.4 Å². The number of carbonyl (C=O) groups excluding carboxylic acids is 1. The fourth-order valence-electron chi connectivity index (χ4n) is 4.09. The van der Waals surface area contributed by atoms with Crippen LogP contribution in [0.4, 0.5) is 0 Å². The maximum absolute atomic E-state index is 13.2. The molecule has 32 heavy (non-hydrogen) atoms. The molecule has 0 saturated carbocycles. The van der Waals surface area contributed by atoms with Crippen molar-refractivity contribution >= 4 is 39.1 Å². The monoisotopic (exact) mass is 469 g/mol. The summed E-state index contributed by atoms with van der Waals surface area (Å²) in [5, 5.41) is 10.4. The fraction of sp³-hybridized carbons (Fsp3) is 0.348. The topological polar surface area (TPSA) is 67.4 Å². The zero-order valence-electron chi connectivity index (χ0n) is 18.0. The minimum absolute atomic E-state index is 0.0880. The van der Waals surface area contributed by atoms with E-state index in [9.17, 15) is 4.79 Å². The van der Waals surface area contributed by atoms with Crippen LogP contribution in [-0.4, -0.2) is 56.8 Å². The van der Waals surface area contributed by atoms with E-state index >= 15 is 0 Å². The van der Waals surface area contributed by atoms with E-state index in [1.807, 2.05) is 59.8 Å². The van der Waals surface area contributed by atoms with Crippen molar-refractivity contribution in [2.45, 2.75) is 26.9 Å². The highest BCUT2D eigenvalue weighted by Crippen LogP contribution is 2.30. The summed E-state index contributed by atoms with van der Waals surface area (Å²) in [6.45, 7) is 8.24. The number of piperazine rings is 1. The molecule has 1 aromatic carbocycles. The number of aryl methyl sites for hydroxylation is 2. The predicted molar refractivity (Wildman–Crippen MR) is 125 cm³/mol. The molecule has 9 heteroatoms. The standard InChI is InChI=1S/C23H24ClN5O2S/c1-15-11-18(31-26-15)14-27-7-9-28(10-8-27)22(30)21-12-19-16(2)25-29(23(19)32-21)13-17-5-3-4-6-20(17)24/h3-6,11-12H,7-10,13-14H2,1-2H3. The first kappa shape index (κ1) is 21.2. The molecule has 4 aromatic rings. The van der Waals surface area contributed by atoms with E-state index in [2.05, 4.69) is 15.2 Å². The molecule has 4 heterocycles. The predicted octanol–water partition coefficient (Wildman–Crippen LogP) is 4.36. The average Bonchev–Trinajstić information content (AvgIpc) is 3.47. The minimum Gasteiger partial charge on any atom is -0.360 e. The largest absolute Gasteiger partial charge is 0.360 e. The Bertz CT molecular complexity index is 1270. The number of hydrogen-bond acceptors (Lipinski definition) is 6. The van der Waals surface area contributed by atoms with Gasteiger partial charge < -0.3 is 9.42 Å². The Morgan fingerprint density at radius 3 is 2.62 bits per heavy atom. The molecule has 3 aromatic heterocycles. The molecular formula is C23H24ClN5O2S. The highest BCUT2D eigenvalue weighted by molar-refractivity contribution is 7.20. The van der Waals surface area contributed by atoms with Crippen molar-refractivity contribution < 1.29 is 9.32 Å². The molecule has 0 unspecified atom stereocenters. The van der Waals surface area contributed by atoms with E-state index in [0.29, 0.717) is 19.6 Å². The number of thiophene rings is 1. The number of aromatic nitrogens is 3. The lowest BCUT2D eigenvalue weighted by atomic mass is 10.2. The molecule has 7 nitrogen and oxygen atoms in total. The molecular weight excluding hydrogens is 446 g/mol. The van der Waals surface area contributed by atoms with Gasteiger partial charge in [0.15, 0.2) is 5.76 Å². The number of nitrogens with zero attached hydrogens (tertiary/aromatic N) is 5. The highest BCUT2D eigenvalue weighted by atomic mass is 35.5. The van der Waals surface area contributed by atoms with Crippen LogP contribution in [0.1, 0.15) is 32.4 Å². The SMILES string of the molecule is Cc1cc(CN2CCN(C(=O)c3cc4c(C)nn(Cc5ccccc5Cl)c4s3)CC2)on1. The van der Waals surface area contributed by atoms with Gasteiger partial charge in [0, 0.05) is 42.7 Å². The summed E-state index contributed by atoms with van der Waals surface area (Å²) in [4.78, 5) is 19.2.